The van der Waals surface area contributed by atoms with Gasteiger partial charge in [0.15, 0.2) is 11.5 Å². The van der Waals surface area contributed by atoms with Gasteiger partial charge in [-0.05, 0) is 94.5 Å². The highest BCUT2D eigenvalue weighted by Crippen LogP contribution is 2.35. The molecule has 0 spiro atoms. The zero-order chi connectivity index (χ0) is 38.8. The number of halogens is 1. The number of fused-ring (bicyclic) bond motifs is 1. The fourth-order valence-electron chi connectivity index (χ4n) is 8.92. The van der Waals surface area contributed by atoms with Crippen molar-refractivity contribution >= 4 is 51.9 Å². The number of benzene rings is 1. The number of imide groups is 1. The number of ether oxygens (including phenoxy) is 1. The summed E-state index contributed by atoms with van der Waals surface area (Å²) in [6.07, 6.45) is 13.4. The number of rotatable bonds is 9. The summed E-state index contributed by atoms with van der Waals surface area (Å²) >= 11 is 6.15. The zero-order valence-electron chi connectivity index (χ0n) is 31.6. The maximum absolute atomic E-state index is 13.0. The number of hydrogen-bond acceptors (Lipinski definition) is 10. The minimum absolute atomic E-state index is 0.0313. The first-order chi connectivity index (χ1) is 27.2. The molecule has 1 aliphatic carbocycles. The molecular weight excluding hydrogens is 732 g/mol. The number of nitrogens with one attached hydrogen (secondary N) is 2. The Morgan fingerprint density at radius 1 is 0.964 bits per heavy atom. The number of amides is 4. The third-order valence-corrected chi connectivity index (χ3v) is 12.6. The van der Waals surface area contributed by atoms with Gasteiger partial charge in [-0.3, -0.25) is 24.8 Å². The number of nitrogens with zero attached hydrogens (tertiary/aromatic N) is 8. The number of nitriles is 1. The van der Waals surface area contributed by atoms with Gasteiger partial charge in [0.2, 0.25) is 5.91 Å². The summed E-state index contributed by atoms with van der Waals surface area (Å²) in [6, 6.07) is 13.4. The van der Waals surface area contributed by atoms with Gasteiger partial charge < -0.3 is 24.4 Å². The van der Waals surface area contributed by atoms with Crippen molar-refractivity contribution in [2.75, 3.05) is 42.5 Å². The minimum atomic E-state index is -0.395. The van der Waals surface area contributed by atoms with Crippen LogP contribution in [0.5, 0.6) is 5.75 Å². The number of aromatic nitrogens is 4. The van der Waals surface area contributed by atoms with Crippen LogP contribution >= 0.6 is 11.6 Å². The predicted octanol–water partition coefficient (Wildman–Crippen LogP) is 5.86. The van der Waals surface area contributed by atoms with Crippen molar-refractivity contribution in [3.63, 3.8) is 0 Å². The normalized spacial score (nSPS) is 22.1. The van der Waals surface area contributed by atoms with Crippen molar-refractivity contribution in [2.24, 2.45) is 5.92 Å². The first kappa shape index (κ1) is 37.7. The van der Waals surface area contributed by atoms with Crippen molar-refractivity contribution in [1.29, 1.82) is 5.26 Å². The van der Waals surface area contributed by atoms with Gasteiger partial charge in [0.25, 0.3) is 5.91 Å². The SMILES string of the molecule is CC(C1CCN(c2ccc(C(=O)NC3CCC(Oc4ccc(C#N)c(Cl)c4)CC3)nn2)CC1)N1CCC(n2ccc3c(N4CCC(=O)NC4=O)cncc32)CC1. The molecule has 2 N–H and O–H groups in total. The molecule has 1 aromatic carbocycles. The first-order valence-corrected chi connectivity index (χ1v) is 20.2. The molecule has 3 saturated heterocycles. The lowest BCUT2D eigenvalue weighted by molar-refractivity contribution is -0.120. The molecule has 4 amide bonds. The molecule has 3 aromatic heterocycles. The van der Waals surface area contributed by atoms with Gasteiger partial charge in [0.1, 0.15) is 11.8 Å². The van der Waals surface area contributed by atoms with E-state index in [0.717, 1.165) is 100.0 Å². The van der Waals surface area contributed by atoms with Crippen LogP contribution in [0.4, 0.5) is 16.3 Å². The van der Waals surface area contributed by atoms with E-state index < -0.39 is 6.03 Å². The highest BCUT2D eigenvalue weighted by Gasteiger charge is 2.33. The van der Waals surface area contributed by atoms with Crippen molar-refractivity contribution < 1.29 is 19.1 Å². The molecule has 4 fully saturated rings. The lowest BCUT2D eigenvalue weighted by Gasteiger charge is -2.43. The van der Waals surface area contributed by atoms with Gasteiger partial charge in [0, 0.05) is 74.9 Å². The Morgan fingerprint density at radius 2 is 1.75 bits per heavy atom. The van der Waals surface area contributed by atoms with Crippen LogP contribution in [0.15, 0.2) is 55.0 Å². The van der Waals surface area contributed by atoms with Gasteiger partial charge in [0.05, 0.1) is 40.3 Å². The maximum atomic E-state index is 13.0. The zero-order valence-corrected chi connectivity index (χ0v) is 32.3. The van der Waals surface area contributed by atoms with Gasteiger partial charge in [-0.1, -0.05) is 11.6 Å². The number of hydrogen-bond donors (Lipinski definition) is 2. The second-order valence-electron chi connectivity index (χ2n) is 15.5. The highest BCUT2D eigenvalue weighted by atomic mass is 35.5. The van der Waals surface area contributed by atoms with E-state index in [1.807, 2.05) is 12.3 Å². The molecule has 1 saturated carbocycles. The molecule has 292 valence electrons. The molecule has 0 bridgehead atoms. The summed E-state index contributed by atoms with van der Waals surface area (Å²) in [5.41, 5.74) is 2.50. The van der Waals surface area contributed by atoms with Crippen LogP contribution in [0.3, 0.4) is 0 Å². The summed E-state index contributed by atoms with van der Waals surface area (Å²) in [4.78, 5) is 48.3. The average molecular weight is 779 g/mol. The van der Waals surface area contributed by atoms with Gasteiger partial charge in [-0.25, -0.2) is 4.79 Å². The molecular formula is C41H47ClN10O4. The smallest absolute Gasteiger partial charge is 0.328 e. The molecule has 6 heterocycles. The van der Waals surface area contributed by atoms with Gasteiger partial charge in [-0.2, -0.15) is 5.26 Å². The number of pyridine rings is 1. The number of piperidine rings is 2. The number of anilines is 2. The molecule has 15 heteroatoms. The fourth-order valence-corrected chi connectivity index (χ4v) is 9.13. The molecule has 4 aromatic rings. The summed E-state index contributed by atoms with van der Waals surface area (Å²) in [7, 11) is 0. The predicted molar refractivity (Wildman–Crippen MR) is 212 cm³/mol. The van der Waals surface area contributed by atoms with Crippen molar-refractivity contribution in [2.45, 2.75) is 88.9 Å². The van der Waals surface area contributed by atoms with E-state index in [9.17, 15) is 14.4 Å². The minimum Gasteiger partial charge on any atom is -0.490 e. The van der Waals surface area contributed by atoms with E-state index in [2.05, 4.69) is 65.4 Å². The van der Waals surface area contributed by atoms with E-state index in [4.69, 9.17) is 21.6 Å². The molecule has 1 unspecified atom stereocenters. The molecule has 3 aliphatic heterocycles. The monoisotopic (exact) mass is 778 g/mol. The highest BCUT2D eigenvalue weighted by molar-refractivity contribution is 6.31. The number of likely N-dealkylation sites (tertiary alicyclic amines) is 1. The molecule has 56 heavy (non-hydrogen) atoms. The van der Waals surface area contributed by atoms with Gasteiger partial charge >= 0.3 is 6.03 Å². The Morgan fingerprint density at radius 3 is 2.45 bits per heavy atom. The van der Waals surface area contributed by atoms with Crippen LogP contribution in [0.2, 0.25) is 5.02 Å². The quantitative estimate of drug-likeness (QED) is 0.211. The van der Waals surface area contributed by atoms with E-state index in [1.165, 1.54) is 0 Å². The summed E-state index contributed by atoms with van der Waals surface area (Å²) in [5.74, 6) is 1.59. The van der Waals surface area contributed by atoms with E-state index in [0.29, 0.717) is 46.6 Å². The standard InChI is InChI=1S/C41H47ClN10O4/c1-26(49-18-12-30(13-19-49)51-20-14-33-36(51)24-44-25-37(33)52-21-15-39(53)46-41(52)55)27-10-16-50(17-11-27)38-9-8-35(47-48-38)40(54)45-29-3-6-31(7-4-29)56-32-5-2-28(23-43)34(42)22-32/h2,5,8-9,14,20,22,24-27,29-31H,3-4,6-7,10-13,15-19,21H2,1H3,(H,45,54)(H,46,53,55). The maximum Gasteiger partial charge on any atom is 0.328 e. The lowest BCUT2D eigenvalue weighted by Crippen LogP contribution is -2.49. The Bertz CT molecular complexity index is 2110. The van der Waals surface area contributed by atoms with Crippen LogP contribution in [-0.4, -0.2) is 93.4 Å². The summed E-state index contributed by atoms with van der Waals surface area (Å²) in [5, 5.41) is 24.8. The Kier molecular flexibility index (Phi) is 11.1. The van der Waals surface area contributed by atoms with Crippen LogP contribution in [-0.2, 0) is 4.79 Å². The fraction of sp³-hybridized carbons (Fsp3) is 0.488. The Labute approximate surface area is 331 Å². The second kappa shape index (κ2) is 16.5. The van der Waals surface area contributed by atoms with E-state index in [1.54, 1.807) is 35.4 Å². The van der Waals surface area contributed by atoms with E-state index in [-0.39, 0.29) is 30.4 Å². The molecule has 0 radical (unpaired) electrons. The van der Waals surface area contributed by atoms with Crippen LogP contribution in [0, 0.1) is 17.2 Å². The van der Waals surface area contributed by atoms with Crippen LogP contribution < -0.4 is 25.2 Å². The van der Waals surface area contributed by atoms with Crippen LogP contribution in [0.1, 0.15) is 86.8 Å². The molecule has 8 rings (SSSR count). The van der Waals surface area contributed by atoms with E-state index >= 15 is 0 Å². The summed E-state index contributed by atoms with van der Waals surface area (Å²) in [6.45, 7) is 6.57. The Balaban J connectivity index is 0.776. The second-order valence-corrected chi connectivity index (χ2v) is 15.9. The molecule has 14 nitrogen and oxygen atoms in total. The largest absolute Gasteiger partial charge is 0.490 e. The van der Waals surface area contributed by atoms with Crippen molar-refractivity contribution in [3.8, 4) is 11.8 Å². The average Bonchev–Trinajstić information content (AvgIpc) is 3.66. The Hall–Kier alpha value is -5.26. The number of carbonyl (C=O) groups is 3. The third-order valence-electron chi connectivity index (χ3n) is 12.2. The number of urea groups is 1. The summed E-state index contributed by atoms with van der Waals surface area (Å²) < 4.78 is 8.40. The third kappa shape index (κ3) is 8.01. The lowest BCUT2D eigenvalue weighted by atomic mass is 9.88. The van der Waals surface area contributed by atoms with Crippen molar-refractivity contribution in [3.05, 3.63) is 71.3 Å². The van der Waals surface area contributed by atoms with Gasteiger partial charge in [-0.15, -0.1) is 10.2 Å². The topological polar surface area (TPSA) is 162 Å². The van der Waals surface area contributed by atoms with Crippen LogP contribution in [0.25, 0.3) is 10.9 Å². The number of carbonyl (C=O) groups excluding carboxylic acids is 3. The van der Waals surface area contributed by atoms with Crippen molar-refractivity contribution in [1.82, 2.24) is 35.3 Å². The molecule has 1 atom stereocenters. The first-order valence-electron chi connectivity index (χ1n) is 19.8. The molecule has 4 aliphatic rings.